The van der Waals surface area contributed by atoms with E-state index >= 15 is 0 Å². The Labute approximate surface area is 186 Å². The third-order valence-electron chi connectivity index (χ3n) is 6.54. The zero-order chi connectivity index (χ0) is 21.0. The summed E-state index contributed by atoms with van der Waals surface area (Å²) in [6.07, 6.45) is 8.06. The first-order chi connectivity index (χ1) is 15.3. The maximum Gasteiger partial charge on any atom is 0.0883 e. The Kier molecular flexibility index (Phi) is 6.30. The molecule has 1 aliphatic carbocycles. The molecule has 0 radical (unpaired) electrons. The fourth-order valence-corrected chi connectivity index (χ4v) is 5.58. The molecule has 2 nitrogen and oxygen atoms in total. The number of rotatable bonds is 5. The molecule has 0 N–H and O–H groups in total. The highest BCUT2D eigenvalue weighted by Crippen LogP contribution is 2.39. The minimum atomic E-state index is 0.293. The lowest BCUT2D eigenvalue weighted by Crippen LogP contribution is -2.04. The van der Waals surface area contributed by atoms with Crippen molar-refractivity contribution in [2.75, 3.05) is 6.61 Å². The maximum atomic E-state index is 5.68. The second kappa shape index (κ2) is 9.47. The van der Waals surface area contributed by atoms with E-state index in [1.165, 1.54) is 71.4 Å². The van der Waals surface area contributed by atoms with Crippen molar-refractivity contribution in [1.82, 2.24) is 4.98 Å². The van der Waals surface area contributed by atoms with Crippen molar-refractivity contribution in [3.05, 3.63) is 72.3 Å². The smallest absolute Gasteiger partial charge is 0.0883 e. The molecular weight excluding hydrogens is 397 g/mol. The van der Waals surface area contributed by atoms with E-state index in [0.29, 0.717) is 14.7 Å². The van der Waals surface area contributed by atoms with Gasteiger partial charge in [0.25, 0.3) is 0 Å². The number of hydrogen-bond acceptors (Lipinski definition) is 2. The number of fused-ring (bicyclic) bond motifs is 2. The van der Waals surface area contributed by atoms with Crippen LogP contribution >= 0.6 is 8.81 Å². The van der Waals surface area contributed by atoms with Crippen LogP contribution in [0.3, 0.4) is 0 Å². The molecule has 1 saturated carbocycles. The summed E-state index contributed by atoms with van der Waals surface area (Å²) < 4.78 is 5.68. The van der Waals surface area contributed by atoms with Crippen LogP contribution in [0.4, 0.5) is 0 Å². The Morgan fingerprint density at radius 1 is 0.839 bits per heavy atom. The molecule has 1 fully saturated rings. The molecule has 5 rings (SSSR count). The fourth-order valence-electron chi connectivity index (χ4n) is 4.98. The Hall–Kier alpha value is -2.28. The topological polar surface area (TPSA) is 22.1 Å². The van der Waals surface area contributed by atoms with Crippen LogP contribution in [0.25, 0.3) is 32.8 Å². The molecule has 1 aliphatic rings. The van der Waals surface area contributed by atoms with Gasteiger partial charge in [-0.3, -0.25) is 0 Å². The predicted octanol–water partition coefficient (Wildman–Crippen LogP) is 7.75. The number of pyridine rings is 1. The minimum Gasteiger partial charge on any atom is -0.356 e. The first-order valence-electron chi connectivity index (χ1n) is 11.6. The molecule has 3 heteroatoms. The third kappa shape index (κ3) is 4.38. The van der Waals surface area contributed by atoms with Gasteiger partial charge in [0.05, 0.1) is 19.8 Å². The van der Waals surface area contributed by atoms with Crippen LogP contribution in [-0.4, -0.2) is 11.6 Å². The van der Waals surface area contributed by atoms with Gasteiger partial charge in [0.15, 0.2) is 0 Å². The van der Waals surface area contributed by atoms with E-state index in [0.717, 1.165) is 17.6 Å². The summed E-state index contributed by atoms with van der Waals surface area (Å²) in [5.74, 6) is 0.658. The summed E-state index contributed by atoms with van der Waals surface area (Å²) >= 11 is 0. The fraction of sp³-hybridized carbons (Fsp3) is 0.321. The first-order valence-corrected chi connectivity index (χ1v) is 12.5. The van der Waals surface area contributed by atoms with E-state index < -0.39 is 0 Å². The van der Waals surface area contributed by atoms with Gasteiger partial charge in [-0.05, 0) is 65.8 Å². The van der Waals surface area contributed by atoms with Crippen LogP contribution in [0.2, 0.25) is 0 Å². The predicted molar refractivity (Wildman–Crippen MR) is 135 cm³/mol. The summed E-state index contributed by atoms with van der Waals surface area (Å²) in [7, 11) is 0.293. The lowest BCUT2D eigenvalue weighted by molar-refractivity contribution is 0.394. The van der Waals surface area contributed by atoms with Crippen molar-refractivity contribution in [2.24, 2.45) is 0 Å². The largest absolute Gasteiger partial charge is 0.356 e. The lowest BCUT2D eigenvalue weighted by Gasteiger charge is -2.19. The van der Waals surface area contributed by atoms with Crippen molar-refractivity contribution in [3.63, 3.8) is 0 Å². The SMILES string of the molecule is CCOPc1ccc2cc(C3CCCCCC3)cc(-c3cccc4ccccc34)c2n1. The van der Waals surface area contributed by atoms with Gasteiger partial charge in [-0.25, -0.2) is 4.98 Å². The second-order valence-corrected chi connectivity index (χ2v) is 9.59. The molecule has 1 aromatic heterocycles. The van der Waals surface area contributed by atoms with E-state index in [1.54, 1.807) is 0 Å². The van der Waals surface area contributed by atoms with Gasteiger partial charge in [-0.15, -0.1) is 0 Å². The number of hydrogen-bond donors (Lipinski definition) is 0. The Bertz CT molecular complexity index is 1190. The van der Waals surface area contributed by atoms with Gasteiger partial charge in [-0.1, -0.05) is 74.2 Å². The van der Waals surface area contributed by atoms with Crippen LogP contribution in [0, 0.1) is 0 Å². The van der Waals surface area contributed by atoms with Gasteiger partial charge >= 0.3 is 0 Å². The van der Waals surface area contributed by atoms with Crippen LogP contribution in [0.15, 0.2) is 66.7 Å². The molecule has 0 amide bonds. The van der Waals surface area contributed by atoms with Crippen molar-refractivity contribution in [1.29, 1.82) is 0 Å². The van der Waals surface area contributed by atoms with Gasteiger partial charge in [0.2, 0.25) is 0 Å². The van der Waals surface area contributed by atoms with Crippen LogP contribution < -0.4 is 5.44 Å². The Balaban J connectivity index is 1.72. The average Bonchev–Trinajstić information content (AvgIpc) is 3.11. The minimum absolute atomic E-state index is 0.293. The van der Waals surface area contributed by atoms with Crippen LogP contribution in [-0.2, 0) is 4.52 Å². The maximum absolute atomic E-state index is 5.68. The number of nitrogens with zero attached hydrogens (tertiary/aromatic N) is 1. The summed E-state index contributed by atoms with van der Waals surface area (Å²) in [5, 5.41) is 3.82. The highest BCUT2D eigenvalue weighted by Gasteiger charge is 2.18. The molecule has 158 valence electrons. The summed E-state index contributed by atoms with van der Waals surface area (Å²) in [4.78, 5) is 5.09. The second-order valence-electron chi connectivity index (χ2n) is 8.59. The Morgan fingerprint density at radius 3 is 2.48 bits per heavy atom. The monoisotopic (exact) mass is 427 g/mol. The summed E-state index contributed by atoms with van der Waals surface area (Å²) in [6, 6.07) is 24.6. The third-order valence-corrected chi connectivity index (χ3v) is 7.46. The highest BCUT2D eigenvalue weighted by atomic mass is 31.1. The van der Waals surface area contributed by atoms with Gasteiger partial charge in [0, 0.05) is 17.6 Å². The average molecular weight is 428 g/mol. The molecule has 31 heavy (non-hydrogen) atoms. The van der Waals surface area contributed by atoms with Crippen molar-refractivity contribution in [3.8, 4) is 11.1 Å². The zero-order valence-corrected chi connectivity index (χ0v) is 19.2. The highest BCUT2D eigenvalue weighted by molar-refractivity contribution is 7.41. The standard InChI is InChI=1S/C28H30NOP/c1-2-30-31-27-17-16-22-18-23(20-10-5-3-4-6-11-20)19-26(28(22)29-27)25-15-9-13-21-12-7-8-14-24(21)25/h7-9,12-20,31H,2-6,10-11H2,1H3. The molecule has 0 aliphatic heterocycles. The molecule has 4 aromatic rings. The van der Waals surface area contributed by atoms with Crippen molar-refractivity contribution >= 4 is 35.9 Å². The lowest BCUT2D eigenvalue weighted by atomic mass is 9.87. The molecule has 1 heterocycles. The molecule has 0 spiro atoms. The van der Waals surface area contributed by atoms with E-state index in [2.05, 4.69) is 66.7 Å². The van der Waals surface area contributed by atoms with Crippen molar-refractivity contribution in [2.45, 2.75) is 51.4 Å². The molecule has 0 bridgehead atoms. The molecule has 3 aromatic carbocycles. The summed E-state index contributed by atoms with van der Waals surface area (Å²) in [5.41, 5.74) is 6.15. The van der Waals surface area contributed by atoms with Crippen molar-refractivity contribution < 1.29 is 4.52 Å². The molecule has 1 unspecified atom stereocenters. The Morgan fingerprint density at radius 2 is 1.65 bits per heavy atom. The zero-order valence-electron chi connectivity index (χ0n) is 18.2. The van der Waals surface area contributed by atoms with Crippen LogP contribution in [0.1, 0.15) is 56.9 Å². The summed E-state index contributed by atoms with van der Waals surface area (Å²) in [6.45, 7) is 2.75. The van der Waals surface area contributed by atoms with Gasteiger partial charge in [-0.2, -0.15) is 0 Å². The van der Waals surface area contributed by atoms with E-state index in [9.17, 15) is 0 Å². The van der Waals surface area contributed by atoms with E-state index in [1.807, 2.05) is 6.92 Å². The number of aromatic nitrogens is 1. The van der Waals surface area contributed by atoms with E-state index in [4.69, 9.17) is 9.51 Å². The molecule has 1 atom stereocenters. The molecular formula is C28H30NOP. The quantitative estimate of drug-likeness (QED) is 0.240. The molecule has 0 saturated heterocycles. The van der Waals surface area contributed by atoms with E-state index in [-0.39, 0.29) is 0 Å². The van der Waals surface area contributed by atoms with Crippen LogP contribution in [0.5, 0.6) is 0 Å². The van der Waals surface area contributed by atoms with Gasteiger partial charge < -0.3 is 4.52 Å². The number of benzene rings is 3. The van der Waals surface area contributed by atoms with Gasteiger partial charge in [0.1, 0.15) is 0 Å². The normalized spacial score (nSPS) is 15.8. The first kappa shape index (κ1) is 20.6.